The van der Waals surface area contributed by atoms with Gasteiger partial charge in [-0.15, -0.1) is 0 Å². The minimum absolute atomic E-state index is 0.00842. The number of nitrogens with zero attached hydrogens (tertiary/aromatic N) is 1. The van der Waals surface area contributed by atoms with Crippen molar-refractivity contribution < 1.29 is 45.8 Å². The third-order valence-corrected chi connectivity index (χ3v) is 8.08. The summed E-state index contributed by atoms with van der Waals surface area (Å²) < 4.78 is 87.6. The van der Waals surface area contributed by atoms with Crippen LogP contribution in [-0.4, -0.2) is 42.1 Å². The van der Waals surface area contributed by atoms with Gasteiger partial charge in [-0.25, -0.2) is 4.79 Å². The van der Waals surface area contributed by atoms with Crippen LogP contribution in [0.3, 0.4) is 0 Å². The zero-order valence-electron chi connectivity index (χ0n) is 26.9. The summed E-state index contributed by atoms with van der Waals surface area (Å²) >= 11 is 0. The van der Waals surface area contributed by atoms with E-state index < -0.39 is 42.0 Å². The van der Waals surface area contributed by atoms with Gasteiger partial charge < -0.3 is 14.7 Å². The van der Waals surface area contributed by atoms with Crippen molar-refractivity contribution >= 4 is 11.9 Å². The largest absolute Gasteiger partial charge is 0.481 e. The second kappa shape index (κ2) is 16.5. The number of aliphatic carboxylic acids is 1. The van der Waals surface area contributed by atoms with Gasteiger partial charge in [0.05, 0.1) is 11.1 Å². The van der Waals surface area contributed by atoms with E-state index in [0.717, 1.165) is 74.9 Å². The molecule has 0 aliphatic rings. The van der Waals surface area contributed by atoms with Crippen LogP contribution in [0.15, 0.2) is 91.0 Å². The number of halogens is 6. The highest BCUT2D eigenvalue weighted by Crippen LogP contribution is 2.43. The van der Waals surface area contributed by atoms with Gasteiger partial charge in [0, 0.05) is 30.3 Å². The van der Waals surface area contributed by atoms with Crippen LogP contribution in [0.4, 0.5) is 26.3 Å². The molecule has 0 aliphatic heterocycles. The molecule has 0 unspecified atom stereocenters. The minimum Gasteiger partial charge on any atom is -0.481 e. The number of carboxylic acids is 1. The molecule has 0 bridgehead atoms. The fourth-order valence-electron chi connectivity index (χ4n) is 5.55. The summed E-state index contributed by atoms with van der Waals surface area (Å²) in [7, 11) is 1.57. The Labute approximate surface area is 281 Å². The van der Waals surface area contributed by atoms with Crippen molar-refractivity contribution in [1.82, 2.24) is 4.90 Å². The van der Waals surface area contributed by atoms with Crippen LogP contribution in [-0.2, 0) is 23.6 Å². The molecule has 0 spiro atoms. The second-order valence-corrected chi connectivity index (χ2v) is 11.8. The van der Waals surface area contributed by atoms with Crippen LogP contribution in [0.2, 0.25) is 0 Å². The maximum atomic E-state index is 13.7. The first-order valence-electron chi connectivity index (χ1n) is 15.9. The Balaban J connectivity index is 1.61. The average Bonchev–Trinajstić information content (AvgIpc) is 3.07. The fraction of sp³-hybridized carbons (Fsp3) is 0.316. The SMILES string of the molecule is CN(CCCCCCCCc1ccccc1)C(=O)c1cc(-c2cccc(C(F)(F)F)c2)c(OCC(=O)O)c(-c2cccc(C(F)(F)F)c2)c1. The molecule has 4 aromatic rings. The number of carboxylic acid groups (broad SMARTS) is 1. The Kier molecular flexibility index (Phi) is 12.5. The van der Waals surface area contributed by atoms with Gasteiger partial charge in [-0.2, -0.15) is 26.3 Å². The van der Waals surface area contributed by atoms with Crippen LogP contribution < -0.4 is 4.74 Å². The fourth-order valence-corrected chi connectivity index (χ4v) is 5.55. The van der Waals surface area contributed by atoms with Gasteiger partial charge in [-0.1, -0.05) is 80.3 Å². The number of carbonyl (C=O) groups is 2. The van der Waals surface area contributed by atoms with Crippen molar-refractivity contribution in [3.63, 3.8) is 0 Å². The molecule has 49 heavy (non-hydrogen) atoms. The molecule has 0 heterocycles. The molecule has 0 saturated carbocycles. The highest BCUT2D eigenvalue weighted by molar-refractivity contribution is 5.99. The summed E-state index contributed by atoms with van der Waals surface area (Å²) in [5.41, 5.74) is -1.00. The Hall–Kier alpha value is -4.80. The standard InChI is InChI=1S/C38H37F6NO4/c1-45(20-10-5-3-2-4-7-13-26-14-8-6-9-15-26)36(48)29-23-32(27-16-11-18-30(21-27)37(39,40)41)35(49-25-34(46)47)33(24-29)28-17-12-19-31(22-28)38(42,43)44/h6,8-9,11-12,14-19,21-24H,2-5,7,10,13,20,25H2,1H3,(H,46,47). The predicted molar refractivity (Wildman–Crippen MR) is 175 cm³/mol. The van der Waals surface area contributed by atoms with E-state index in [4.69, 9.17) is 4.74 Å². The van der Waals surface area contributed by atoms with Gasteiger partial charge in [-0.3, -0.25) is 4.79 Å². The van der Waals surface area contributed by atoms with E-state index in [9.17, 15) is 41.0 Å². The highest BCUT2D eigenvalue weighted by atomic mass is 19.4. The zero-order valence-corrected chi connectivity index (χ0v) is 26.9. The van der Waals surface area contributed by atoms with Crippen molar-refractivity contribution in [3.05, 3.63) is 113 Å². The van der Waals surface area contributed by atoms with Gasteiger partial charge in [-0.05, 0) is 72.4 Å². The summed E-state index contributed by atoms with van der Waals surface area (Å²) in [6.45, 7) is -0.560. The minimum atomic E-state index is -4.72. The van der Waals surface area contributed by atoms with E-state index >= 15 is 0 Å². The Morgan fingerprint density at radius 1 is 0.673 bits per heavy atom. The summed E-state index contributed by atoms with van der Waals surface area (Å²) in [5.74, 6) is -2.19. The van der Waals surface area contributed by atoms with E-state index in [0.29, 0.717) is 13.0 Å². The predicted octanol–water partition coefficient (Wildman–Crippen LogP) is 10.2. The molecule has 0 fully saturated rings. The molecule has 0 atom stereocenters. The third-order valence-electron chi connectivity index (χ3n) is 8.08. The molecular formula is C38H37F6NO4. The van der Waals surface area contributed by atoms with E-state index in [2.05, 4.69) is 12.1 Å². The highest BCUT2D eigenvalue weighted by Gasteiger charge is 2.32. The van der Waals surface area contributed by atoms with E-state index in [1.807, 2.05) is 18.2 Å². The molecule has 4 aromatic carbocycles. The molecule has 0 aromatic heterocycles. The summed E-state index contributed by atoms with van der Waals surface area (Å²) in [5, 5.41) is 9.34. The average molecular weight is 686 g/mol. The number of aryl methyl sites for hydroxylation is 1. The zero-order chi connectivity index (χ0) is 35.6. The van der Waals surface area contributed by atoms with Gasteiger partial charge in [0.15, 0.2) is 6.61 Å². The molecule has 0 saturated heterocycles. The molecule has 11 heteroatoms. The number of alkyl halides is 6. The monoisotopic (exact) mass is 685 g/mol. The second-order valence-electron chi connectivity index (χ2n) is 11.8. The molecule has 1 amide bonds. The lowest BCUT2D eigenvalue weighted by Gasteiger charge is -2.22. The van der Waals surface area contributed by atoms with Crippen LogP contribution >= 0.6 is 0 Å². The molecule has 5 nitrogen and oxygen atoms in total. The first-order chi connectivity index (χ1) is 23.2. The number of amides is 1. The summed E-state index contributed by atoms with van der Waals surface area (Å²) in [6.07, 6.45) is -2.68. The number of hydrogen-bond donors (Lipinski definition) is 1. The Bertz CT molecular complexity index is 1640. The molecule has 260 valence electrons. The smallest absolute Gasteiger partial charge is 0.416 e. The van der Waals surface area contributed by atoms with Gasteiger partial charge in [0.25, 0.3) is 5.91 Å². The molecular weight excluding hydrogens is 648 g/mol. The molecule has 0 radical (unpaired) electrons. The number of benzene rings is 4. The Morgan fingerprint density at radius 2 is 1.18 bits per heavy atom. The van der Waals surface area contributed by atoms with Crippen molar-refractivity contribution in [3.8, 4) is 28.0 Å². The van der Waals surface area contributed by atoms with Crippen LogP contribution in [0.1, 0.15) is 65.6 Å². The van der Waals surface area contributed by atoms with Crippen molar-refractivity contribution in [2.45, 2.75) is 57.3 Å². The lowest BCUT2D eigenvalue weighted by Crippen LogP contribution is -2.28. The van der Waals surface area contributed by atoms with Crippen molar-refractivity contribution in [1.29, 1.82) is 0 Å². The van der Waals surface area contributed by atoms with E-state index in [1.165, 1.54) is 34.7 Å². The summed E-state index contributed by atoms with van der Waals surface area (Å²) in [6, 6.07) is 21.1. The normalized spacial score (nSPS) is 11.7. The maximum absolute atomic E-state index is 13.7. The van der Waals surface area contributed by atoms with Gasteiger partial charge >= 0.3 is 18.3 Å². The quantitative estimate of drug-likeness (QED) is 0.0999. The topological polar surface area (TPSA) is 66.8 Å². The van der Waals surface area contributed by atoms with Crippen LogP contribution in [0, 0.1) is 0 Å². The van der Waals surface area contributed by atoms with Crippen molar-refractivity contribution in [2.24, 2.45) is 0 Å². The van der Waals surface area contributed by atoms with Gasteiger partial charge in [0.2, 0.25) is 0 Å². The molecule has 4 rings (SSSR count). The van der Waals surface area contributed by atoms with Crippen molar-refractivity contribution in [2.75, 3.05) is 20.2 Å². The lowest BCUT2D eigenvalue weighted by atomic mass is 9.92. The third kappa shape index (κ3) is 10.6. The maximum Gasteiger partial charge on any atom is 0.416 e. The number of hydrogen-bond acceptors (Lipinski definition) is 3. The number of unbranched alkanes of at least 4 members (excludes halogenated alkanes) is 5. The summed E-state index contributed by atoms with van der Waals surface area (Å²) in [4.78, 5) is 26.6. The Morgan fingerprint density at radius 3 is 1.69 bits per heavy atom. The molecule has 0 aliphatic carbocycles. The first kappa shape index (κ1) is 37.0. The number of ether oxygens (including phenoxy) is 1. The van der Waals surface area contributed by atoms with E-state index in [-0.39, 0.29) is 33.6 Å². The lowest BCUT2D eigenvalue weighted by molar-refractivity contribution is -0.139. The van der Waals surface area contributed by atoms with Crippen LogP contribution in [0.25, 0.3) is 22.3 Å². The molecule has 1 N–H and O–H groups in total. The first-order valence-corrected chi connectivity index (χ1v) is 15.9. The number of rotatable bonds is 15. The van der Waals surface area contributed by atoms with Gasteiger partial charge in [0.1, 0.15) is 5.75 Å². The van der Waals surface area contributed by atoms with Crippen LogP contribution in [0.5, 0.6) is 5.75 Å². The number of carbonyl (C=O) groups excluding carboxylic acids is 1. The van der Waals surface area contributed by atoms with E-state index in [1.54, 1.807) is 7.05 Å².